The number of nitro groups is 1. The van der Waals surface area contributed by atoms with Crippen molar-refractivity contribution in [3.05, 3.63) is 39.4 Å². The van der Waals surface area contributed by atoms with Crippen LogP contribution in [0.25, 0.3) is 0 Å². The number of nitrogens with one attached hydrogen (secondary N) is 1. The van der Waals surface area contributed by atoms with Gasteiger partial charge in [-0.15, -0.1) is 0 Å². The zero-order valence-electron chi connectivity index (χ0n) is 11.8. The van der Waals surface area contributed by atoms with Gasteiger partial charge in [-0.1, -0.05) is 0 Å². The van der Waals surface area contributed by atoms with Crippen LogP contribution in [0, 0.1) is 23.0 Å². The summed E-state index contributed by atoms with van der Waals surface area (Å²) in [5, 5.41) is 22.6. The summed E-state index contributed by atoms with van der Waals surface area (Å²) < 4.78 is 0. The van der Waals surface area contributed by atoms with Crippen molar-refractivity contribution in [3.63, 3.8) is 0 Å². The molecule has 1 aliphatic carbocycles. The molecule has 0 aliphatic heterocycles. The van der Waals surface area contributed by atoms with Crippen molar-refractivity contribution in [2.24, 2.45) is 5.92 Å². The first-order valence-electron chi connectivity index (χ1n) is 6.56. The van der Waals surface area contributed by atoms with E-state index in [1.165, 1.54) is 19.1 Å². The lowest BCUT2D eigenvalue weighted by atomic mass is 9.95. The predicted octanol–water partition coefficient (Wildman–Crippen LogP) is 1.89. The highest BCUT2D eigenvalue weighted by molar-refractivity contribution is 5.98. The fraction of sp³-hybridized carbons (Fsp3) is 0.429. The lowest BCUT2D eigenvalue weighted by Gasteiger charge is -2.26. The largest absolute Gasteiger partial charge is 0.480 e. The van der Waals surface area contributed by atoms with E-state index in [4.69, 9.17) is 0 Å². The van der Waals surface area contributed by atoms with E-state index >= 15 is 0 Å². The monoisotopic (exact) mass is 292 g/mol. The summed E-state index contributed by atoms with van der Waals surface area (Å²) in [6.07, 6.45) is 1.49. The Morgan fingerprint density at radius 3 is 2.48 bits per heavy atom. The summed E-state index contributed by atoms with van der Waals surface area (Å²) in [6.45, 7) is 3.11. The highest BCUT2D eigenvalue weighted by atomic mass is 16.6. The predicted molar refractivity (Wildman–Crippen MR) is 74.1 cm³/mol. The molecule has 2 rings (SSSR count). The summed E-state index contributed by atoms with van der Waals surface area (Å²) in [5.74, 6) is -1.81. The Hall–Kier alpha value is -2.44. The lowest BCUT2D eigenvalue weighted by Crippen LogP contribution is -2.54. The van der Waals surface area contributed by atoms with E-state index in [0.717, 1.165) is 18.9 Å². The molecule has 0 aromatic heterocycles. The quantitative estimate of drug-likeness (QED) is 0.636. The van der Waals surface area contributed by atoms with Crippen LogP contribution in [-0.4, -0.2) is 27.4 Å². The maximum Gasteiger partial charge on any atom is 0.329 e. The number of nitrogens with zero attached hydrogens (tertiary/aromatic N) is 1. The summed E-state index contributed by atoms with van der Waals surface area (Å²) >= 11 is 0. The Bertz CT molecular complexity index is 624. The maximum absolute atomic E-state index is 12.2. The maximum atomic E-state index is 12.2. The Kier molecular flexibility index (Phi) is 3.67. The molecule has 7 nitrogen and oxygen atoms in total. The molecule has 1 aromatic carbocycles. The Morgan fingerprint density at radius 1 is 1.38 bits per heavy atom. The number of hydrogen-bond acceptors (Lipinski definition) is 4. The second kappa shape index (κ2) is 5.16. The number of aliphatic carboxylic acids is 1. The van der Waals surface area contributed by atoms with E-state index in [1.54, 1.807) is 6.92 Å². The van der Waals surface area contributed by atoms with Crippen molar-refractivity contribution in [2.75, 3.05) is 0 Å². The molecule has 1 atom stereocenters. The number of carboxylic acids is 1. The van der Waals surface area contributed by atoms with E-state index < -0.39 is 22.3 Å². The number of nitro benzene ring substituents is 1. The van der Waals surface area contributed by atoms with Crippen molar-refractivity contribution in [2.45, 2.75) is 32.2 Å². The third-order valence-electron chi connectivity index (χ3n) is 3.75. The van der Waals surface area contributed by atoms with Crippen LogP contribution in [-0.2, 0) is 4.79 Å². The second-order valence-corrected chi connectivity index (χ2v) is 5.55. The zero-order valence-corrected chi connectivity index (χ0v) is 11.8. The van der Waals surface area contributed by atoms with Crippen molar-refractivity contribution >= 4 is 17.6 Å². The van der Waals surface area contributed by atoms with E-state index in [1.807, 2.05) is 0 Å². The molecule has 1 fully saturated rings. The van der Waals surface area contributed by atoms with Gasteiger partial charge in [0.15, 0.2) is 0 Å². The highest BCUT2D eigenvalue weighted by Gasteiger charge is 2.48. The SMILES string of the molecule is Cc1cc(C(=O)NC(C)(C(=O)O)C2CC2)cc([N+](=O)[O-])c1. The fourth-order valence-corrected chi connectivity index (χ4v) is 2.30. The van der Waals surface area contributed by atoms with Crippen LogP contribution in [0.5, 0.6) is 0 Å². The minimum Gasteiger partial charge on any atom is -0.480 e. The van der Waals surface area contributed by atoms with Crippen LogP contribution in [0.4, 0.5) is 5.69 Å². The van der Waals surface area contributed by atoms with Crippen LogP contribution < -0.4 is 5.32 Å². The summed E-state index contributed by atoms with van der Waals surface area (Å²) in [4.78, 5) is 33.9. The minimum atomic E-state index is -1.34. The number of rotatable bonds is 5. The first-order chi connectivity index (χ1) is 9.74. The van der Waals surface area contributed by atoms with Crippen LogP contribution in [0.15, 0.2) is 18.2 Å². The Morgan fingerprint density at radius 2 is 2.00 bits per heavy atom. The van der Waals surface area contributed by atoms with E-state index in [-0.39, 0.29) is 17.2 Å². The van der Waals surface area contributed by atoms with Gasteiger partial charge < -0.3 is 10.4 Å². The first kappa shape index (κ1) is 15.0. The van der Waals surface area contributed by atoms with Gasteiger partial charge >= 0.3 is 5.97 Å². The van der Waals surface area contributed by atoms with Gasteiger partial charge in [-0.05, 0) is 44.2 Å². The van der Waals surface area contributed by atoms with Gasteiger partial charge in [0.2, 0.25) is 0 Å². The smallest absolute Gasteiger partial charge is 0.329 e. The number of hydrogen-bond donors (Lipinski definition) is 2. The van der Waals surface area contributed by atoms with E-state index in [2.05, 4.69) is 5.32 Å². The first-order valence-corrected chi connectivity index (χ1v) is 6.56. The molecule has 21 heavy (non-hydrogen) atoms. The Labute approximate surface area is 121 Å². The van der Waals surface area contributed by atoms with Crippen LogP contribution in [0.2, 0.25) is 0 Å². The van der Waals surface area contributed by atoms with Crippen molar-refractivity contribution in [3.8, 4) is 0 Å². The average Bonchev–Trinajstić information content (AvgIpc) is 3.21. The molecular weight excluding hydrogens is 276 g/mol. The summed E-state index contributed by atoms with van der Waals surface area (Å²) in [6, 6.07) is 4.00. The molecule has 0 bridgehead atoms. The van der Waals surface area contributed by atoms with Crippen LogP contribution in [0.1, 0.15) is 35.7 Å². The minimum absolute atomic E-state index is 0.0924. The van der Waals surface area contributed by atoms with E-state index in [9.17, 15) is 24.8 Å². The van der Waals surface area contributed by atoms with Gasteiger partial charge in [-0.3, -0.25) is 14.9 Å². The van der Waals surface area contributed by atoms with Gasteiger partial charge in [0.1, 0.15) is 5.54 Å². The fourth-order valence-electron chi connectivity index (χ4n) is 2.30. The molecule has 1 saturated carbocycles. The Balaban J connectivity index is 2.28. The topological polar surface area (TPSA) is 110 Å². The molecule has 1 aliphatic rings. The second-order valence-electron chi connectivity index (χ2n) is 5.55. The number of amides is 1. The molecule has 0 radical (unpaired) electrons. The highest BCUT2D eigenvalue weighted by Crippen LogP contribution is 2.39. The number of carbonyl (C=O) groups excluding carboxylic acids is 1. The average molecular weight is 292 g/mol. The molecular formula is C14H16N2O5. The van der Waals surface area contributed by atoms with Crippen molar-refractivity contribution in [1.29, 1.82) is 0 Å². The number of carboxylic acid groups (broad SMARTS) is 1. The number of benzene rings is 1. The third kappa shape index (κ3) is 3.01. The molecule has 7 heteroatoms. The summed E-state index contributed by atoms with van der Waals surface area (Å²) in [5.41, 5.74) is -0.869. The number of carbonyl (C=O) groups is 2. The van der Waals surface area contributed by atoms with Gasteiger partial charge in [0.05, 0.1) is 4.92 Å². The molecule has 1 unspecified atom stereocenters. The molecule has 1 aromatic rings. The van der Waals surface area contributed by atoms with Gasteiger partial charge in [-0.2, -0.15) is 0 Å². The van der Waals surface area contributed by atoms with Gasteiger partial charge in [-0.25, -0.2) is 4.79 Å². The lowest BCUT2D eigenvalue weighted by molar-refractivity contribution is -0.384. The normalized spacial score (nSPS) is 16.9. The van der Waals surface area contributed by atoms with Crippen LogP contribution in [0.3, 0.4) is 0 Å². The van der Waals surface area contributed by atoms with Gasteiger partial charge in [0.25, 0.3) is 11.6 Å². The standard InChI is InChI=1S/C14H16N2O5/c1-8-5-9(7-11(6-8)16(20)21)12(17)15-14(2,13(18)19)10-3-4-10/h5-7,10H,3-4H2,1-2H3,(H,15,17)(H,18,19). The molecule has 112 valence electrons. The molecule has 0 saturated heterocycles. The molecule has 0 spiro atoms. The zero-order chi connectivity index (χ0) is 15.8. The summed E-state index contributed by atoms with van der Waals surface area (Å²) in [7, 11) is 0. The molecule has 1 amide bonds. The number of non-ortho nitro benzene ring substituents is 1. The van der Waals surface area contributed by atoms with E-state index in [0.29, 0.717) is 5.56 Å². The van der Waals surface area contributed by atoms with Gasteiger partial charge in [0, 0.05) is 17.7 Å². The third-order valence-corrected chi connectivity index (χ3v) is 3.75. The molecule has 0 heterocycles. The van der Waals surface area contributed by atoms with Crippen molar-refractivity contribution in [1.82, 2.24) is 5.32 Å². The van der Waals surface area contributed by atoms with Crippen molar-refractivity contribution < 1.29 is 19.6 Å². The number of aryl methyl sites for hydroxylation is 1. The van der Waals surface area contributed by atoms with Crippen LogP contribution >= 0.6 is 0 Å². The molecule has 2 N–H and O–H groups in total.